The summed E-state index contributed by atoms with van der Waals surface area (Å²) >= 11 is 0. The van der Waals surface area contributed by atoms with Gasteiger partial charge in [-0.1, -0.05) is 10.2 Å². The first kappa shape index (κ1) is 13.5. The smallest absolute Gasteiger partial charge is 0.235 e. The van der Waals surface area contributed by atoms with Gasteiger partial charge in [-0.25, -0.2) is 0 Å². The first-order valence-corrected chi connectivity index (χ1v) is 3.73. The van der Waals surface area contributed by atoms with E-state index in [1.165, 1.54) is 0 Å². The summed E-state index contributed by atoms with van der Waals surface area (Å²) in [5.41, 5.74) is 14.3. The molecule has 0 aliphatic heterocycles. The maximum absolute atomic E-state index is 9.60. The van der Waals surface area contributed by atoms with Crippen molar-refractivity contribution >= 4 is 0 Å². The molecule has 0 saturated heterocycles. The van der Waals surface area contributed by atoms with E-state index in [-0.39, 0.29) is 0 Å². The molecule has 0 bridgehead atoms. The minimum Gasteiger partial charge on any atom is -0.396 e. The van der Waals surface area contributed by atoms with E-state index in [0.717, 1.165) is 0 Å². The van der Waals surface area contributed by atoms with Crippen molar-refractivity contribution in [2.24, 2.45) is 15.6 Å². The Morgan fingerprint density at radius 3 is 1.47 bits per heavy atom. The molecule has 0 heterocycles. The number of nitrogens with zero attached hydrogens (tertiary/aromatic N) is 6. The van der Waals surface area contributed by atoms with Gasteiger partial charge >= 0.3 is 0 Å². The van der Waals surface area contributed by atoms with E-state index in [1.54, 1.807) is 0 Å². The van der Waals surface area contributed by atoms with Gasteiger partial charge < -0.3 is 20.4 Å². The molecule has 0 aromatic rings. The molecule has 10 heteroatoms. The summed E-state index contributed by atoms with van der Waals surface area (Å²) in [5.74, 6) is -2.77. The monoisotopic (exact) mass is 218 g/mol. The summed E-state index contributed by atoms with van der Waals surface area (Å²) in [5, 5.41) is 41.9. The van der Waals surface area contributed by atoms with Crippen LogP contribution in [0, 0.1) is 5.41 Å². The fraction of sp³-hybridized carbons (Fsp3) is 1.00. The van der Waals surface area contributed by atoms with Gasteiger partial charge in [-0.15, -0.1) is 0 Å². The zero-order valence-corrected chi connectivity index (χ0v) is 7.59. The fourth-order valence-electron chi connectivity index (χ4n) is 0.825. The molecule has 0 spiro atoms. The van der Waals surface area contributed by atoms with Gasteiger partial charge in [0.25, 0.3) is 0 Å². The maximum Gasteiger partial charge on any atom is 0.235 e. The highest BCUT2D eigenvalue weighted by molar-refractivity contribution is 4.95. The van der Waals surface area contributed by atoms with Gasteiger partial charge in [0.05, 0.1) is 25.2 Å². The Labute approximate surface area is 83.6 Å². The van der Waals surface area contributed by atoms with E-state index < -0.39 is 31.1 Å². The van der Waals surface area contributed by atoms with Gasteiger partial charge in [0.15, 0.2) is 0 Å². The Balaban J connectivity index is 5.55. The molecule has 10 nitrogen and oxygen atoms in total. The van der Waals surface area contributed by atoms with Gasteiger partial charge in [0.1, 0.15) is 0 Å². The number of azide groups is 1. The molecule has 0 aromatic heterocycles. The van der Waals surface area contributed by atoms with E-state index >= 15 is 0 Å². The van der Waals surface area contributed by atoms with Crippen LogP contribution in [-0.4, -0.2) is 46.1 Å². The van der Waals surface area contributed by atoms with Crippen molar-refractivity contribution in [3.8, 4) is 0 Å². The standard InChI is InChI=1S/C5H10N6O4/c6-10-8-5(15,9-11-7)4(1-12,2-13)3-14/h12-15H,1-3H2. The summed E-state index contributed by atoms with van der Waals surface area (Å²) in [7, 11) is 0. The van der Waals surface area contributed by atoms with Crippen molar-refractivity contribution in [2.75, 3.05) is 19.8 Å². The molecule has 0 radical (unpaired) electrons. The number of hydrogen-bond donors (Lipinski definition) is 4. The Kier molecular flexibility index (Phi) is 4.82. The molecule has 0 atom stereocenters. The van der Waals surface area contributed by atoms with Crippen LogP contribution in [0.15, 0.2) is 10.2 Å². The Hall–Kier alpha value is -1.54. The third-order valence-corrected chi connectivity index (χ3v) is 1.99. The van der Waals surface area contributed by atoms with Gasteiger partial charge in [0.2, 0.25) is 5.85 Å². The molecule has 0 unspecified atom stereocenters. The van der Waals surface area contributed by atoms with Crippen LogP contribution in [0.4, 0.5) is 0 Å². The summed E-state index contributed by atoms with van der Waals surface area (Å²) in [4.78, 5) is 4.43. The van der Waals surface area contributed by atoms with Crippen LogP contribution >= 0.6 is 0 Å². The number of aliphatic hydroxyl groups is 4. The van der Waals surface area contributed by atoms with Gasteiger partial charge in [-0.2, -0.15) is 0 Å². The van der Waals surface area contributed by atoms with Gasteiger partial charge in [0, 0.05) is 9.82 Å². The van der Waals surface area contributed by atoms with Crippen molar-refractivity contribution in [2.45, 2.75) is 5.85 Å². The minimum absolute atomic E-state index is 0.936. The van der Waals surface area contributed by atoms with Crippen molar-refractivity contribution in [3.63, 3.8) is 0 Å². The first-order chi connectivity index (χ1) is 7.05. The molecule has 0 amide bonds. The quantitative estimate of drug-likeness (QED) is 0.259. The molecular weight excluding hydrogens is 208 g/mol. The Bertz CT molecular complexity index is 276. The molecule has 0 aliphatic rings. The largest absolute Gasteiger partial charge is 0.396 e. The predicted molar refractivity (Wildman–Crippen MR) is 46.9 cm³/mol. The lowest BCUT2D eigenvalue weighted by Gasteiger charge is -2.36. The van der Waals surface area contributed by atoms with E-state index in [9.17, 15) is 5.11 Å². The normalized spacial score (nSPS) is 14.7. The maximum atomic E-state index is 9.60. The molecule has 0 aliphatic carbocycles. The second kappa shape index (κ2) is 5.37. The molecule has 0 aromatic carbocycles. The lowest BCUT2D eigenvalue weighted by molar-refractivity contribution is -0.146. The lowest BCUT2D eigenvalue weighted by Crippen LogP contribution is -2.52. The average molecular weight is 218 g/mol. The SMILES string of the molecule is [N-]=[N+]=NC(O)(N=[N+]=[N-])C(CO)(CO)CO. The molecule has 15 heavy (non-hydrogen) atoms. The van der Waals surface area contributed by atoms with Crippen LogP contribution in [0.3, 0.4) is 0 Å². The number of hydrogen-bond acceptors (Lipinski definition) is 6. The molecule has 84 valence electrons. The number of aliphatic hydroxyl groups excluding tert-OH is 3. The van der Waals surface area contributed by atoms with Crippen molar-refractivity contribution in [1.82, 2.24) is 0 Å². The zero-order chi connectivity index (χ0) is 11.9. The molecule has 0 rings (SSSR count). The summed E-state index contributed by atoms with van der Waals surface area (Å²) in [6, 6.07) is 0. The lowest BCUT2D eigenvalue weighted by atomic mass is 9.85. The third-order valence-electron chi connectivity index (χ3n) is 1.99. The van der Waals surface area contributed by atoms with Crippen LogP contribution < -0.4 is 0 Å². The highest BCUT2D eigenvalue weighted by atomic mass is 16.3. The highest BCUT2D eigenvalue weighted by Crippen LogP contribution is 2.33. The average Bonchev–Trinajstić information content (AvgIpc) is 2.21. The second-order valence-corrected chi connectivity index (χ2v) is 2.77. The Morgan fingerprint density at radius 1 is 0.933 bits per heavy atom. The van der Waals surface area contributed by atoms with E-state index in [2.05, 4.69) is 20.1 Å². The zero-order valence-electron chi connectivity index (χ0n) is 7.59. The topological polar surface area (TPSA) is 178 Å². The molecule has 0 fully saturated rings. The minimum atomic E-state index is -2.77. The predicted octanol–water partition coefficient (Wildman–Crippen LogP) is -0.784. The first-order valence-electron chi connectivity index (χ1n) is 3.73. The van der Waals surface area contributed by atoms with E-state index in [1.807, 2.05) is 0 Å². The molecule has 0 saturated carbocycles. The summed E-state index contributed by atoms with van der Waals surface area (Å²) in [6.07, 6.45) is 0. The Morgan fingerprint density at radius 2 is 1.27 bits per heavy atom. The van der Waals surface area contributed by atoms with Crippen molar-refractivity contribution < 1.29 is 20.4 Å². The summed E-state index contributed by atoms with van der Waals surface area (Å²) in [6.45, 7) is -2.81. The van der Waals surface area contributed by atoms with Crippen LogP contribution in [0.5, 0.6) is 0 Å². The number of rotatable bonds is 6. The van der Waals surface area contributed by atoms with E-state index in [0.29, 0.717) is 0 Å². The van der Waals surface area contributed by atoms with Crippen LogP contribution in [0.1, 0.15) is 0 Å². The highest BCUT2D eigenvalue weighted by Gasteiger charge is 2.49. The van der Waals surface area contributed by atoms with E-state index in [4.69, 9.17) is 26.4 Å². The van der Waals surface area contributed by atoms with Crippen molar-refractivity contribution in [1.29, 1.82) is 0 Å². The van der Waals surface area contributed by atoms with Crippen molar-refractivity contribution in [3.05, 3.63) is 20.9 Å². The molecule has 4 N–H and O–H groups in total. The van der Waals surface area contributed by atoms with Crippen LogP contribution in [-0.2, 0) is 0 Å². The van der Waals surface area contributed by atoms with Gasteiger partial charge in [-0.05, 0) is 11.1 Å². The second-order valence-electron chi connectivity index (χ2n) is 2.77. The van der Waals surface area contributed by atoms with Crippen LogP contribution in [0.2, 0.25) is 0 Å². The fourth-order valence-corrected chi connectivity index (χ4v) is 0.825. The summed E-state index contributed by atoms with van der Waals surface area (Å²) < 4.78 is 0. The third kappa shape index (κ3) is 2.28. The molecular formula is C5H10N6O4. The van der Waals surface area contributed by atoms with Gasteiger partial charge in [-0.3, -0.25) is 0 Å². The van der Waals surface area contributed by atoms with Crippen LogP contribution in [0.25, 0.3) is 20.9 Å².